The number of carbonyl (C=O) groups is 1. The number of likely N-dealkylation sites (tertiary alicyclic amines) is 1. The Balaban J connectivity index is 1.40. The van der Waals surface area contributed by atoms with Crippen LogP contribution in [0.2, 0.25) is 10.0 Å². The van der Waals surface area contributed by atoms with Crippen molar-refractivity contribution in [1.29, 1.82) is 0 Å². The van der Waals surface area contributed by atoms with Crippen LogP contribution in [-0.2, 0) is 16.1 Å². The van der Waals surface area contributed by atoms with Crippen molar-refractivity contribution in [1.82, 2.24) is 4.90 Å². The molecule has 0 spiro atoms. The lowest BCUT2D eigenvalue weighted by atomic mass is 9.85. The Morgan fingerprint density at radius 1 is 1.13 bits per heavy atom. The summed E-state index contributed by atoms with van der Waals surface area (Å²) < 4.78 is 5.43. The lowest BCUT2D eigenvalue weighted by Crippen LogP contribution is -2.61. The Bertz CT molecular complexity index is 959. The third-order valence-electron chi connectivity index (χ3n) is 6.20. The van der Waals surface area contributed by atoms with Crippen LogP contribution in [0.5, 0.6) is 0 Å². The number of halogens is 2. The fourth-order valence-electron chi connectivity index (χ4n) is 4.82. The van der Waals surface area contributed by atoms with Crippen LogP contribution < -0.4 is 4.90 Å². The number of carbonyl (C=O) groups excluding carboxylic acids is 1. The highest BCUT2D eigenvalue weighted by atomic mass is 35.5. The van der Waals surface area contributed by atoms with E-state index in [4.69, 9.17) is 27.9 Å². The molecule has 2 aromatic rings. The van der Waals surface area contributed by atoms with Gasteiger partial charge in [0.05, 0.1) is 15.7 Å². The second-order valence-corrected chi connectivity index (χ2v) is 9.81. The highest BCUT2D eigenvalue weighted by Gasteiger charge is 2.41. The first-order valence-electron chi connectivity index (χ1n) is 10.4. The fourth-order valence-corrected chi connectivity index (χ4v) is 5.46. The smallest absolute Gasteiger partial charge is 0.303 e. The van der Waals surface area contributed by atoms with Crippen LogP contribution in [0.4, 0.5) is 5.69 Å². The number of rotatable bonds is 5. The molecule has 2 fully saturated rings. The monoisotopic (exact) mass is 446 g/mol. The van der Waals surface area contributed by atoms with E-state index < -0.39 is 0 Å². The first-order chi connectivity index (χ1) is 14.1. The molecule has 0 amide bonds. The Labute approximate surface area is 188 Å². The van der Waals surface area contributed by atoms with E-state index in [1.165, 1.54) is 29.2 Å². The van der Waals surface area contributed by atoms with E-state index >= 15 is 0 Å². The second kappa shape index (κ2) is 8.07. The van der Waals surface area contributed by atoms with Crippen molar-refractivity contribution in [2.75, 3.05) is 31.1 Å². The van der Waals surface area contributed by atoms with E-state index in [9.17, 15) is 4.79 Å². The summed E-state index contributed by atoms with van der Waals surface area (Å²) in [4.78, 5) is 15.8. The van der Waals surface area contributed by atoms with Gasteiger partial charge in [0.1, 0.15) is 5.60 Å². The zero-order valence-corrected chi connectivity index (χ0v) is 19.5. The molecule has 0 aromatic heterocycles. The average molecular weight is 447 g/mol. The first-order valence-corrected chi connectivity index (χ1v) is 11.1. The van der Waals surface area contributed by atoms with E-state index in [2.05, 4.69) is 35.8 Å². The number of nitrogens with zero attached hydrogens (tertiary/aromatic N) is 2. The van der Waals surface area contributed by atoms with Crippen LogP contribution in [0.3, 0.4) is 0 Å². The van der Waals surface area contributed by atoms with Crippen LogP contribution in [0.25, 0.3) is 0 Å². The minimum atomic E-state index is -0.343. The Morgan fingerprint density at radius 2 is 1.77 bits per heavy atom. The summed E-state index contributed by atoms with van der Waals surface area (Å²) >= 11 is 12.7. The topological polar surface area (TPSA) is 32.8 Å². The highest BCUT2D eigenvalue weighted by Crippen LogP contribution is 2.41. The van der Waals surface area contributed by atoms with Gasteiger partial charge in [-0.05, 0) is 55.2 Å². The molecule has 160 valence electrons. The fraction of sp³-hybridized carbons (Fsp3) is 0.458. The van der Waals surface area contributed by atoms with Crippen LogP contribution in [0.15, 0.2) is 30.3 Å². The van der Waals surface area contributed by atoms with Gasteiger partial charge in [0, 0.05) is 45.6 Å². The molecular formula is C24H28Cl2N2O2. The van der Waals surface area contributed by atoms with Crippen LogP contribution in [0.1, 0.15) is 42.0 Å². The minimum Gasteiger partial charge on any atom is -0.457 e. The molecule has 2 aliphatic rings. The van der Waals surface area contributed by atoms with Gasteiger partial charge in [-0.1, -0.05) is 41.4 Å². The largest absolute Gasteiger partial charge is 0.457 e. The maximum Gasteiger partial charge on any atom is 0.303 e. The van der Waals surface area contributed by atoms with E-state index in [0.29, 0.717) is 16.0 Å². The van der Waals surface area contributed by atoms with Gasteiger partial charge in [-0.3, -0.25) is 9.69 Å². The normalized spacial score (nSPS) is 18.7. The van der Waals surface area contributed by atoms with Gasteiger partial charge >= 0.3 is 5.97 Å². The molecule has 2 aromatic carbocycles. The number of esters is 1. The molecule has 2 heterocycles. The molecule has 2 saturated heterocycles. The number of hydrogen-bond acceptors (Lipinski definition) is 4. The molecule has 4 rings (SSSR count). The number of hydrogen-bond donors (Lipinski definition) is 0. The van der Waals surface area contributed by atoms with E-state index in [1.807, 2.05) is 25.1 Å². The van der Waals surface area contributed by atoms with Crippen molar-refractivity contribution in [3.05, 3.63) is 62.6 Å². The molecule has 0 N–H and O–H groups in total. The summed E-state index contributed by atoms with van der Waals surface area (Å²) in [6, 6.07) is 10.3. The van der Waals surface area contributed by atoms with Gasteiger partial charge in [-0.2, -0.15) is 0 Å². The van der Waals surface area contributed by atoms with E-state index in [0.717, 1.165) is 38.4 Å². The molecule has 0 aliphatic carbocycles. The zero-order valence-electron chi connectivity index (χ0n) is 18.0. The number of benzene rings is 2. The van der Waals surface area contributed by atoms with Crippen molar-refractivity contribution in [2.45, 2.75) is 45.8 Å². The summed E-state index contributed by atoms with van der Waals surface area (Å²) in [5.41, 5.74) is 5.98. The molecule has 0 unspecified atom stereocenters. The summed E-state index contributed by atoms with van der Waals surface area (Å²) in [6.07, 6.45) is 0. The van der Waals surface area contributed by atoms with E-state index in [1.54, 1.807) is 0 Å². The van der Waals surface area contributed by atoms with Gasteiger partial charge in [-0.15, -0.1) is 0 Å². The van der Waals surface area contributed by atoms with Crippen molar-refractivity contribution in [2.24, 2.45) is 0 Å². The summed E-state index contributed by atoms with van der Waals surface area (Å²) in [6.45, 7) is 12.2. The summed E-state index contributed by atoms with van der Waals surface area (Å²) in [5.74, 6) is 0.280. The third-order valence-corrected chi connectivity index (χ3v) is 6.81. The Hall–Kier alpha value is -1.75. The standard InChI is InChI=1S/C24H28Cl2N2O2/c1-15-9-20(19-11-28(12-19)23-21(25)6-5-7-22(23)26)16(2)8-18(15)10-27-13-24(4,14-27)30-17(3)29/h5-9,19H,10-14H2,1-4H3. The average Bonchev–Trinajstić information content (AvgIpc) is 2.58. The SMILES string of the molecule is CC(=O)OC1(C)CN(Cc2cc(C)c(C3CN(c4c(Cl)cccc4Cl)C3)cc2C)C1. The molecular weight excluding hydrogens is 419 g/mol. The number of para-hydroxylation sites is 1. The second-order valence-electron chi connectivity index (χ2n) is 9.00. The van der Waals surface area contributed by atoms with E-state index in [-0.39, 0.29) is 11.6 Å². The predicted octanol–water partition coefficient (Wildman–Crippen LogP) is 5.35. The molecule has 0 saturated carbocycles. The molecule has 30 heavy (non-hydrogen) atoms. The van der Waals surface area contributed by atoms with Crippen LogP contribution in [0, 0.1) is 13.8 Å². The van der Waals surface area contributed by atoms with Gasteiger partial charge in [-0.25, -0.2) is 0 Å². The van der Waals surface area contributed by atoms with Gasteiger partial charge in [0.25, 0.3) is 0 Å². The zero-order chi connectivity index (χ0) is 21.6. The quantitative estimate of drug-likeness (QED) is 0.579. The predicted molar refractivity (Wildman–Crippen MR) is 123 cm³/mol. The molecule has 0 radical (unpaired) electrons. The van der Waals surface area contributed by atoms with Crippen LogP contribution >= 0.6 is 23.2 Å². The Kier molecular flexibility index (Phi) is 5.78. The molecule has 0 bridgehead atoms. The van der Waals surface area contributed by atoms with Gasteiger partial charge < -0.3 is 9.64 Å². The lowest BCUT2D eigenvalue weighted by Gasteiger charge is -2.47. The summed E-state index contributed by atoms with van der Waals surface area (Å²) in [5, 5.41) is 1.42. The Morgan fingerprint density at radius 3 is 2.37 bits per heavy atom. The maximum absolute atomic E-state index is 11.2. The van der Waals surface area contributed by atoms with Crippen LogP contribution in [-0.4, -0.2) is 42.6 Å². The lowest BCUT2D eigenvalue weighted by molar-refractivity contribution is -0.174. The number of anilines is 1. The molecule has 4 nitrogen and oxygen atoms in total. The molecule has 6 heteroatoms. The summed E-state index contributed by atoms with van der Waals surface area (Å²) in [7, 11) is 0. The molecule has 2 aliphatic heterocycles. The van der Waals surface area contributed by atoms with Gasteiger partial charge in [0.2, 0.25) is 0 Å². The van der Waals surface area contributed by atoms with Gasteiger partial charge in [0.15, 0.2) is 0 Å². The van der Waals surface area contributed by atoms with Crippen molar-refractivity contribution < 1.29 is 9.53 Å². The first kappa shape index (κ1) is 21.5. The molecule has 0 atom stereocenters. The third kappa shape index (κ3) is 4.18. The van der Waals surface area contributed by atoms with Crippen molar-refractivity contribution >= 4 is 34.9 Å². The van der Waals surface area contributed by atoms with Crippen molar-refractivity contribution in [3.63, 3.8) is 0 Å². The maximum atomic E-state index is 11.2. The number of ether oxygens (including phenoxy) is 1. The van der Waals surface area contributed by atoms with Crippen molar-refractivity contribution in [3.8, 4) is 0 Å². The minimum absolute atomic E-state index is 0.207. The number of aryl methyl sites for hydroxylation is 2. The highest BCUT2D eigenvalue weighted by molar-refractivity contribution is 6.39.